The highest BCUT2D eigenvalue weighted by Crippen LogP contribution is 2.19. The molecule has 2 aromatic carbocycles. The zero-order valence-corrected chi connectivity index (χ0v) is 15.1. The average molecular weight is 358 g/mol. The van der Waals surface area contributed by atoms with Crippen molar-refractivity contribution >= 4 is 28.1 Å². The number of nitrogens with zero attached hydrogens (tertiary/aromatic N) is 1. The molecule has 1 aliphatic heterocycles. The second kappa shape index (κ2) is 8.27. The first-order valence-electron chi connectivity index (χ1n) is 8.25. The molecule has 1 aliphatic rings. The number of carbonyl (C=O) groups is 1. The van der Waals surface area contributed by atoms with E-state index in [-0.39, 0.29) is 5.91 Å². The van der Waals surface area contributed by atoms with E-state index in [1.165, 1.54) is 0 Å². The van der Waals surface area contributed by atoms with Crippen LogP contribution >= 0.6 is 0 Å². The van der Waals surface area contributed by atoms with E-state index in [2.05, 4.69) is 10.2 Å². The lowest BCUT2D eigenvalue weighted by atomic mass is 10.1. The van der Waals surface area contributed by atoms with Crippen LogP contribution in [-0.4, -0.2) is 42.7 Å². The van der Waals surface area contributed by atoms with Crippen molar-refractivity contribution in [2.45, 2.75) is 5.75 Å². The Morgan fingerprint density at radius 1 is 1.16 bits per heavy atom. The van der Waals surface area contributed by atoms with E-state index in [0.29, 0.717) is 11.3 Å². The third kappa shape index (κ3) is 4.90. The molecule has 132 valence electrons. The zero-order chi connectivity index (χ0) is 17.6. The van der Waals surface area contributed by atoms with Crippen LogP contribution < -0.4 is 10.2 Å². The Kier molecular flexibility index (Phi) is 5.83. The summed E-state index contributed by atoms with van der Waals surface area (Å²) in [5, 5.41) is 2.91. The lowest BCUT2D eigenvalue weighted by molar-refractivity contribution is 0.102. The molecule has 3 rings (SSSR count). The molecule has 1 unspecified atom stereocenters. The van der Waals surface area contributed by atoms with Crippen LogP contribution in [0.5, 0.6) is 0 Å². The van der Waals surface area contributed by atoms with E-state index < -0.39 is 10.8 Å². The summed E-state index contributed by atoms with van der Waals surface area (Å²) in [6, 6.07) is 15.1. The fourth-order valence-electron chi connectivity index (χ4n) is 2.82. The predicted octanol–water partition coefficient (Wildman–Crippen LogP) is 2.65. The number of ether oxygens (including phenoxy) is 1. The van der Waals surface area contributed by atoms with Crippen molar-refractivity contribution in [2.24, 2.45) is 0 Å². The standard InChI is InChI=1S/C19H22N2O3S/c1-25(23)14-15-3-2-4-16(13-15)19(22)20-17-5-7-18(8-6-17)21-9-11-24-12-10-21/h2-8,13H,9-12,14H2,1H3,(H,20,22). The van der Waals surface area contributed by atoms with Crippen LogP contribution in [0, 0.1) is 0 Å². The Morgan fingerprint density at radius 3 is 2.56 bits per heavy atom. The van der Waals surface area contributed by atoms with Gasteiger partial charge in [0.1, 0.15) is 0 Å². The Bertz CT molecular complexity index is 756. The Balaban J connectivity index is 1.65. The maximum Gasteiger partial charge on any atom is 0.255 e. The monoisotopic (exact) mass is 358 g/mol. The number of carbonyl (C=O) groups excluding carboxylic acids is 1. The van der Waals surface area contributed by atoms with Gasteiger partial charge in [0.25, 0.3) is 5.91 Å². The molecule has 1 heterocycles. The lowest BCUT2D eigenvalue weighted by Gasteiger charge is -2.28. The van der Waals surface area contributed by atoms with Crippen LogP contribution in [0.15, 0.2) is 48.5 Å². The van der Waals surface area contributed by atoms with Gasteiger partial charge in [0.15, 0.2) is 0 Å². The first-order chi connectivity index (χ1) is 12.1. The molecular formula is C19H22N2O3S. The molecule has 6 heteroatoms. The fourth-order valence-corrected chi connectivity index (χ4v) is 3.47. The van der Waals surface area contributed by atoms with Crippen LogP contribution in [-0.2, 0) is 21.3 Å². The molecule has 2 aromatic rings. The molecule has 1 amide bonds. The average Bonchev–Trinajstić information content (AvgIpc) is 2.63. The molecule has 1 atom stereocenters. The van der Waals surface area contributed by atoms with Crippen molar-refractivity contribution in [2.75, 3.05) is 42.8 Å². The highest BCUT2D eigenvalue weighted by molar-refractivity contribution is 7.83. The van der Waals surface area contributed by atoms with Gasteiger partial charge in [-0.3, -0.25) is 9.00 Å². The van der Waals surface area contributed by atoms with E-state index in [4.69, 9.17) is 4.74 Å². The SMILES string of the molecule is CS(=O)Cc1cccc(C(=O)Nc2ccc(N3CCOCC3)cc2)c1. The third-order valence-electron chi connectivity index (χ3n) is 4.06. The summed E-state index contributed by atoms with van der Waals surface area (Å²) in [6.45, 7) is 3.27. The summed E-state index contributed by atoms with van der Waals surface area (Å²) < 4.78 is 16.7. The summed E-state index contributed by atoms with van der Waals surface area (Å²) in [7, 11) is -0.927. The van der Waals surface area contributed by atoms with Gasteiger partial charge in [-0.1, -0.05) is 12.1 Å². The van der Waals surface area contributed by atoms with Gasteiger partial charge in [-0.25, -0.2) is 0 Å². The van der Waals surface area contributed by atoms with Gasteiger partial charge in [0, 0.05) is 52.8 Å². The third-order valence-corrected chi connectivity index (χ3v) is 4.80. The number of nitrogens with one attached hydrogen (secondary N) is 1. The molecule has 0 saturated carbocycles. The van der Waals surface area contributed by atoms with Crippen LogP contribution in [0.4, 0.5) is 11.4 Å². The number of benzene rings is 2. The minimum atomic E-state index is -0.927. The molecule has 0 aromatic heterocycles. The topological polar surface area (TPSA) is 58.6 Å². The van der Waals surface area contributed by atoms with Gasteiger partial charge < -0.3 is 15.0 Å². The van der Waals surface area contributed by atoms with Crippen molar-refractivity contribution in [3.63, 3.8) is 0 Å². The van der Waals surface area contributed by atoms with Gasteiger partial charge in [-0.05, 0) is 42.0 Å². The number of hydrogen-bond donors (Lipinski definition) is 1. The summed E-state index contributed by atoms with van der Waals surface area (Å²) in [5.41, 5.74) is 3.36. The smallest absolute Gasteiger partial charge is 0.255 e. The maximum absolute atomic E-state index is 12.4. The second-order valence-electron chi connectivity index (χ2n) is 6.02. The zero-order valence-electron chi connectivity index (χ0n) is 14.2. The minimum absolute atomic E-state index is 0.164. The van der Waals surface area contributed by atoms with E-state index in [9.17, 15) is 9.00 Å². The molecule has 0 bridgehead atoms. The lowest BCUT2D eigenvalue weighted by Crippen LogP contribution is -2.36. The number of hydrogen-bond acceptors (Lipinski definition) is 4. The summed E-state index contributed by atoms with van der Waals surface area (Å²) in [5.74, 6) is 0.290. The minimum Gasteiger partial charge on any atom is -0.378 e. The van der Waals surface area contributed by atoms with Crippen LogP contribution in [0.2, 0.25) is 0 Å². The van der Waals surface area contributed by atoms with Gasteiger partial charge in [0.05, 0.1) is 13.2 Å². The molecule has 1 fully saturated rings. The first kappa shape index (κ1) is 17.6. The van der Waals surface area contributed by atoms with Gasteiger partial charge in [-0.2, -0.15) is 0 Å². The summed E-state index contributed by atoms with van der Waals surface area (Å²) >= 11 is 0. The number of amides is 1. The van der Waals surface area contributed by atoms with Crippen molar-refractivity contribution in [3.05, 3.63) is 59.7 Å². The maximum atomic E-state index is 12.4. The summed E-state index contributed by atoms with van der Waals surface area (Å²) in [4.78, 5) is 14.7. The number of anilines is 2. The molecule has 1 N–H and O–H groups in total. The van der Waals surface area contributed by atoms with Gasteiger partial charge >= 0.3 is 0 Å². The molecule has 1 saturated heterocycles. The number of morpholine rings is 1. The van der Waals surface area contributed by atoms with Crippen molar-refractivity contribution in [1.29, 1.82) is 0 Å². The van der Waals surface area contributed by atoms with Crippen molar-refractivity contribution in [3.8, 4) is 0 Å². The van der Waals surface area contributed by atoms with E-state index >= 15 is 0 Å². The quantitative estimate of drug-likeness (QED) is 0.893. The molecule has 0 spiro atoms. The number of rotatable bonds is 5. The van der Waals surface area contributed by atoms with Crippen LogP contribution in [0.1, 0.15) is 15.9 Å². The van der Waals surface area contributed by atoms with E-state index in [0.717, 1.165) is 43.2 Å². The van der Waals surface area contributed by atoms with Gasteiger partial charge in [-0.15, -0.1) is 0 Å². The van der Waals surface area contributed by atoms with E-state index in [1.54, 1.807) is 18.4 Å². The fraction of sp³-hybridized carbons (Fsp3) is 0.316. The Morgan fingerprint density at radius 2 is 1.88 bits per heavy atom. The molecule has 0 aliphatic carbocycles. The first-order valence-corrected chi connectivity index (χ1v) is 9.97. The van der Waals surface area contributed by atoms with Crippen LogP contribution in [0.25, 0.3) is 0 Å². The molecule has 0 radical (unpaired) electrons. The summed E-state index contributed by atoms with van der Waals surface area (Å²) in [6.07, 6.45) is 1.66. The predicted molar refractivity (Wildman–Crippen MR) is 102 cm³/mol. The molecule has 5 nitrogen and oxygen atoms in total. The van der Waals surface area contributed by atoms with Crippen molar-refractivity contribution in [1.82, 2.24) is 0 Å². The van der Waals surface area contributed by atoms with E-state index in [1.807, 2.05) is 36.4 Å². The second-order valence-corrected chi connectivity index (χ2v) is 7.45. The normalized spacial score (nSPS) is 15.6. The highest BCUT2D eigenvalue weighted by atomic mass is 32.2. The largest absolute Gasteiger partial charge is 0.378 e. The molecule has 25 heavy (non-hydrogen) atoms. The Hall–Kier alpha value is -2.18. The highest BCUT2D eigenvalue weighted by Gasteiger charge is 2.12. The Labute approximate surface area is 150 Å². The van der Waals surface area contributed by atoms with Crippen LogP contribution in [0.3, 0.4) is 0 Å². The van der Waals surface area contributed by atoms with Crippen molar-refractivity contribution < 1.29 is 13.7 Å². The van der Waals surface area contributed by atoms with Gasteiger partial charge in [0.2, 0.25) is 0 Å². The molecular weight excluding hydrogens is 336 g/mol.